The van der Waals surface area contributed by atoms with Gasteiger partial charge in [-0.3, -0.25) is 37.3 Å². The molecule has 0 heterocycles. The van der Waals surface area contributed by atoms with Crippen LogP contribution in [0.1, 0.15) is 465 Å². The third kappa shape index (κ3) is 80.1. The molecule has 0 spiro atoms. The van der Waals surface area contributed by atoms with Gasteiger partial charge < -0.3 is 33.8 Å². The molecule has 5 atom stereocenters. The van der Waals surface area contributed by atoms with Gasteiger partial charge in [0.05, 0.1) is 26.4 Å². The van der Waals surface area contributed by atoms with Crippen molar-refractivity contribution in [1.29, 1.82) is 0 Å². The minimum absolute atomic E-state index is 0.108. The molecule has 17 nitrogen and oxygen atoms in total. The Hall–Kier alpha value is -1.94. The molecule has 19 heteroatoms. The summed E-state index contributed by atoms with van der Waals surface area (Å²) < 4.78 is 68.8. The Labute approximate surface area is 651 Å². The number of ether oxygens (including phenoxy) is 4. The number of unbranched alkanes of at least 4 members (excludes halogenated alkanes) is 56. The van der Waals surface area contributed by atoms with Crippen LogP contribution in [0.3, 0.4) is 0 Å². The molecule has 0 fully saturated rings. The standard InChI is InChI=1S/C87H170O17P2/c1-7-9-11-13-15-17-18-19-20-31-37-42-47-53-59-65-71-86(91)103-82(75-97-84(89)69-63-57-51-16-14-12-10-8-2)77-101-105(93,94)99-73-81(88)74-100-106(95,96)102-78-83(104-87(92)72-66-60-54-48-43-38-33-28-24-22-26-30-35-40-45-50-56-62-68-80(5)6)76-98-85(90)70-64-58-52-46-41-36-32-27-23-21-25-29-34-39-44-49-55-61-67-79(3)4/h79-83,88H,7-78H2,1-6H3,(H,93,94)(H,95,96)/t81-,82+,83+/m0/s1. The number of phosphoric ester groups is 2. The number of carbonyl (C=O) groups excluding carboxylic acids is 4. The fourth-order valence-electron chi connectivity index (χ4n) is 13.6. The van der Waals surface area contributed by atoms with Gasteiger partial charge in [-0.1, -0.05) is 414 Å². The van der Waals surface area contributed by atoms with E-state index in [0.29, 0.717) is 25.7 Å². The Kier molecular flexibility index (Phi) is 76.9. The average molecular weight is 1550 g/mol. The molecule has 0 aliphatic heterocycles. The molecular weight excluding hydrogens is 1380 g/mol. The van der Waals surface area contributed by atoms with Crippen molar-refractivity contribution in [1.82, 2.24) is 0 Å². The number of aliphatic hydroxyl groups excluding tert-OH is 1. The van der Waals surface area contributed by atoms with Crippen LogP contribution in [0.15, 0.2) is 0 Å². The number of hydrogen-bond acceptors (Lipinski definition) is 15. The third-order valence-corrected chi connectivity index (χ3v) is 22.4. The zero-order chi connectivity index (χ0) is 77.8. The summed E-state index contributed by atoms with van der Waals surface area (Å²) in [5.74, 6) is -0.460. The van der Waals surface area contributed by atoms with Crippen molar-refractivity contribution < 1.29 is 80.2 Å². The van der Waals surface area contributed by atoms with Crippen LogP contribution in [0, 0.1) is 11.8 Å². The highest BCUT2D eigenvalue weighted by Crippen LogP contribution is 2.45. The summed E-state index contributed by atoms with van der Waals surface area (Å²) in [4.78, 5) is 73.1. The summed E-state index contributed by atoms with van der Waals surface area (Å²) in [5.41, 5.74) is 0. The van der Waals surface area contributed by atoms with Crippen LogP contribution in [0.4, 0.5) is 0 Å². The lowest BCUT2D eigenvalue weighted by Gasteiger charge is -2.21. The van der Waals surface area contributed by atoms with E-state index in [9.17, 15) is 43.2 Å². The molecule has 0 aliphatic rings. The molecule has 3 N–H and O–H groups in total. The van der Waals surface area contributed by atoms with Crippen molar-refractivity contribution in [2.24, 2.45) is 11.8 Å². The second-order valence-corrected chi connectivity index (χ2v) is 35.1. The number of phosphoric acid groups is 2. The molecule has 0 aromatic heterocycles. The fraction of sp³-hybridized carbons (Fsp3) is 0.954. The Morgan fingerprint density at radius 2 is 0.434 bits per heavy atom. The maximum absolute atomic E-state index is 13.1. The Morgan fingerprint density at radius 3 is 0.642 bits per heavy atom. The quantitative estimate of drug-likeness (QED) is 0.0222. The van der Waals surface area contributed by atoms with Crippen molar-refractivity contribution in [3.63, 3.8) is 0 Å². The van der Waals surface area contributed by atoms with Crippen molar-refractivity contribution >= 4 is 39.5 Å². The van der Waals surface area contributed by atoms with Gasteiger partial charge in [-0.15, -0.1) is 0 Å². The molecule has 0 radical (unpaired) electrons. The molecule has 0 rings (SSSR count). The van der Waals surface area contributed by atoms with Crippen LogP contribution >= 0.6 is 15.6 Å². The summed E-state index contributed by atoms with van der Waals surface area (Å²) >= 11 is 0. The van der Waals surface area contributed by atoms with E-state index in [4.69, 9.17) is 37.0 Å². The largest absolute Gasteiger partial charge is 0.472 e. The lowest BCUT2D eigenvalue weighted by atomic mass is 10.0. The Morgan fingerprint density at radius 1 is 0.255 bits per heavy atom. The van der Waals surface area contributed by atoms with E-state index < -0.39 is 97.5 Å². The molecule has 0 aromatic rings. The van der Waals surface area contributed by atoms with Crippen molar-refractivity contribution in [3.8, 4) is 0 Å². The minimum atomic E-state index is -4.97. The molecule has 0 aliphatic carbocycles. The molecule has 0 saturated carbocycles. The van der Waals surface area contributed by atoms with E-state index in [0.717, 1.165) is 108 Å². The SMILES string of the molecule is CCCCCCCCCCCCCCCCCCC(=O)O[C@H](COC(=O)CCCCCCCCCC)COP(=O)(O)OC[C@H](O)COP(=O)(O)OC[C@@H](COC(=O)CCCCCCCCCCCCCCCCCCCCC(C)C)OC(=O)CCCCCCCCCCCCCCCCCCCCC(C)C. The number of hydrogen-bond donors (Lipinski definition) is 3. The molecule has 630 valence electrons. The van der Waals surface area contributed by atoms with E-state index >= 15 is 0 Å². The summed E-state index contributed by atoms with van der Waals surface area (Å²) in [5, 5.41) is 10.7. The van der Waals surface area contributed by atoms with Gasteiger partial charge in [0.15, 0.2) is 12.2 Å². The summed E-state index contributed by atoms with van der Waals surface area (Å²) in [6.45, 7) is 9.72. The molecule has 0 bridgehead atoms. The van der Waals surface area contributed by atoms with Crippen LogP contribution < -0.4 is 0 Å². The van der Waals surface area contributed by atoms with Gasteiger partial charge in [0.25, 0.3) is 0 Å². The first kappa shape index (κ1) is 104. The number of carbonyl (C=O) groups is 4. The predicted octanol–water partition coefficient (Wildman–Crippen LogP) is 26.6. The zero-order valence-electron chi connectivity index (χ0n) is 69.7. The van der Waals surface area contributed by atoms with Crippen LogP contribution in [0.2, 0.25) is 0 Å². The van der Waals surface area contributed by atoms with Crippen LogP contribution in [0.25, 0.3) is 0 Å². The van der Waals surface area contributed by atoms with Crippen molar-refractivity contribution in [2.45, 2.75) is 484 Å². The van der Waals surface area contributed by atoms with Gasteiger partial charge in [-0.25, -0.2) is 9.13 Å². The molecule has 0 aromatic carbocycles. The minimum Gasteiger partial charge on any atom is -0.462 e. The zero-order valence-corrected chi connectivity index (χ0v) is 71.5. The monoisotopic (exact) mass is 1550 g/mol. The predicted molar refractivity (Wildman–Crippen MR) is 437 cm³/mol. The Balaban J connectivity index is 5.18. The van der Waals surface area contributed by atoms with Gasteiger partial charge in [-0.05, 0) is 37.5 Å². The topological polar surface area (TPSA) is 237 Å². The van der Waals surface area contributed by atoms with Crippen LogP contribution in [0.5, 0.6) is 0 Å². The second-order valence-electron chi connectivity index (χ2n) is 32.2. The highest BCUT2D eigenvalue weighted by atomic mass is 31.2. The van der Waals surface area contributed by atoms with E-state index in [-0.39, 0.29) is 25.7 Å². The van der Waals surface area contributed by atoms with E-state index in [1.54, 1.807) is 0 Å². The van der Waals surface area contributed by atoms with E-state index in [2.05, 4.69) is 41.5 Å². The number of aliphatic hydroxyl groups is 1. The van der Waals surface area contributed by atoms with E-state index in [1.165, 1.54) is 276 Å². The summed E-state index contributed by atoms with van der Waals surface area (Å²) in [6, 6.07) is 0. The van der Waals surface area contributed by atoms with Crippen LogP contribution in [-0.4, -0.2) is 96.7 Å². The fourth-order valence-corrected chi connectivity index (χ4v) is 15.2. The lowest BCUT2D eigenvalue weighted by Crippen LogP contribution is -2.30. The highest BCUT2D eigenvalue weighted by Gasteiger charge is 2.30. The van der Waals surface area contributed by atoms with Gasteiger partial charge in [-0.2, -0.15) is 0 Å². The highest BCUT2D eigenvalue weighted by molar-refractivity contribution is 7.47. The number of rotatable bonds is 86. The van der Waals surface area contributed by atoms with Crippen LogP contribution in [-0.2, 0) is 65.4 Å². The maximum Gasteiger partial charge on any atom is 0.472 e. The second kappa shape index (κ2) is 78.3. The van der Waals surface area contributed by atoms with Gasteiger partial charge >= 0.3 is 39.5 Å². The van der Waals surface area contributed by atoms with Gasteiger partial charge in [0, 0.05) is 25.7 Å². The average Bonchev–Trinajstić information content (AvgIpc) is 0.906. The summed E-state index contributed by atoms with van der Waals surface area (Å²) in [7, 11) is -9.92. The maximum atomic E-state index is 13.1. The normalized spacial score (nSPS) is 13.8. The van der Waals surface area contributed by atoms with Gasteiger partial charge in [0.2, 0.25) is 0 Å². The first-order chi connectivity index (χ1) is 51.4. The summed E-state index contributed by atoms with van der Waals surface area (Å²) in [6.07, 6.45) is 71.0. The molecule has 0 amide bonds. The third-order valence-electron chi connectivity index (χ3n) is 20.5. The Bertz CT molecular complexity index is 2030. The molecule has 0 saturated heterocycles. The first-order valence-electron chi connectivity index (χ1n) is 45.0. The molecule has 106 heavy (non-hydrogen) atoms. The lowest BCUT2D eigenvalue weighted by molar-refractivity contribution is -0.161. The number of esters is 4. The van der Waals surface area contributed by atoms with Crippen molar-refractivity contribution in [2.75, 3.05) is 39.6 Å². The smallest absolute Gasteiger partial charge is 0.462 e. The van der Waals surface area contributed by atoms with E-state index in [1.807, 2.05) is 0 Å². The van der Waals surface area contributed by atoms with Crippen molar-refractivity contribution in [3.05, 3.63) is 0 Å². The first-order valence-corrected chi connectivity index (χ1v) is 48.0. The van der Waals surface area contributed by atoms with Gasteiger partial charge in [0.1, 0.15) is 19.3 Å². The molecule has 2 unspecified atom stereocenters. The molecular formula is C87H170O17P2.